The van der Waals surface area contributed by atoms with Crippen molar-refractivity contribution in [3.05, 3.63) is 191 Å². The number of hydrogen-bond donors (Lipinski definition) is 0. The van der Waals surface area contributed by atoms with Gasteiger partial charge in [0, 0.05) is 11.9 Å². The van der Waals surface area contributed by atoms with Crippen molar-refractivity contribution in [3.8, 4) is 57.5 Å². The smallest absolute Gasteiger partial charge is 0.162 e. The summed E-state index contributed by atoms with van der Waals surface area (Å²) in [4.78, 5) is 0. The largest absolute Gasteiger partial charge is 0.494 e. The van der Waals surface area contributed by atoms with Gasteiger partial charge in [0.2, 0.25) is 0 Å². The van der Waals surface area contributed by atoms with E-state index in [1.165, 1.54) is 231 Å². The molecule has 108 heavy (non-hydrogen) atoms. The highest BCUT2D eigenvalue weighted by Crippen LogP contribution is 2.35. The molecule has 0 fully saturated rings. The van der Waals surface area contributed by atoms with Crippen LogP contribution in [0.15, 0.2) is 152 Å². The van der Waals surface area contributed by atoms with Crippen LogP contribution in [0.5, 0.6) is 57.5 Å². The fourth-order valence-electron chi connectivity index (χ4n) is 13.4. The van der Waals surface area contributed by atoms with E-state index in [0.29, 0.717) is 60.9 Å². The molecule has 0 saturated carbocycles. The summed E-state index contributed by atoms with van der Waals surface area (Å²) in [5.74, 6) is 7.60. The molecule has 7 aromatic carbocycles. The van der Waals surface area contributed by atoms with Gasteiger partial charge in [0.15, 0.2) is 23.0 Å². The van der Waals surface area contributed by atoms with Crippen molar-refractivity contribution < 1.29 is 47.4 Å². The molecular formula is C97H139ClO10. The first kappa shape index (κ1) is 88.0. The first-order valence-electron chi connectivity index (χ1n) is 43.0. The number of ether oxygens (including phenoxy) is 10. The highest BCUT2D eigenvalue weighted by molar-refractivity contribution is 6.17. The quantitative estimate of drug-likeness (QED) is 0.0271. The topological polar surface area (TPSA) is 92.3 Å². The van der Waals surface area contributed by atoms with Crippen molar-refractivity contribution in [2.24, 2.45) is 0 Å². The summed E-state index contributed by atoms with van der Waals surface area (Å²) in [6.07, 6.45) is 52.0. The minimum atomic E-state index is 0.266. The second-order valence-electron chi connectivity index (χ2n) is 29.9. The fourth-order valence-corrected chi connectivity index (χ4v) is 13.6. The van der Waals surface area contributed by atoms with E-state index in [0.717, 1.165) is 114 Å². The SMILES string of the molecule is CCCCCCCCCCCCOc1ccc(COc2ccc(COc3cc(CCl)cc(OCc4ccc(OCc5ccc(OCCCCCCCCCCCC)cc5)c(OCc5ccc(OCCCCCCCCCCCC)cc5)c4)c3)cc2OCc2ccc(OCCCCCCCCCCCC)cc2)cc1. The Hall–Kier alpha value is -7.17. The van der Waals surface area contributed by atoms with Gasteiger partial charge in [-0.25, -0.2) is 0 Å². The van der Waals surface area contributed by atoms with Crippen LogP contribution in [0.4, 0.5) is 0 Å². The molecule has 0 aromatic heterocycles. The number of halogens is 1. The second kappa shape index (κ2) is 57.8. The lowest BCUT2D eigenvalue weighted by atomic mass is 10.1. The highest BCUT2D eigenvalue weighted by Gasteiger charge is 2.15. The van der Waals surface area contributed by atoms with Gasteiger partial charge in [-0.2, -0.15) is 0 Å². The first-order chi connectivity index (χ1) is 53.4. The van der Waals surface area contributed by atoms with E-state index in [1.807, 2.05) is 103 Å². The van der Waals surface area contributed by atoms with Crippen LogP contribution in [0, 0.1) is 0 Å². The molecule has 0 aliphatic heterocycles. The summed E-state index contributed by atoms with van der Waals surface area (Å²) in [6.45, 7) is 14.0. The second-order valence-corrected chi connectivity index (χ2v) is 30.2. The molecule has 7 rings (SSSR count). The van der Waals surface area contributed by atoms with Crippen molar-refractivity contribution >= 4 is 11.6 Å². The van der Waals surface area contributed by atoms with Crippen molar-refractivity contribution in [2.45, 2.75) is 330 Å². The molecular weight excluding hydrogens is 1360 g/mol. The van der Waals surface area contributed by atoms with Gasteiger partial charge < -0.3 is 47.4 Å². The summed E-state index contributed by atoms with van der Waals surface area (Å²) in [7, 11) is 0. The lowest BCUT2D eigenvalue weighted by Crippen LogP contribution is -2.04. The number of alkyl halides is 1. The molecule has 0 spiro atoms. The standard InChI is InChI=1S/C97H139ClO10/c1-5-9-13-17-21-25-29-33-37-41-65-99-88-55-45-81(46-56-88)75-105-94-63-53-85(71-96(94)107-77-83-49-59-90(60-50-83)101-67-43-39-35-31-27-23-19-15-11-7-3)79-103-92-69-87(74-98)70-93(73-92)104-80-86-54-64-95(106-76-82-47-57-89(58-48-82)100-66-42-38-34-30-26-22-18-14-10-6-2)97(72-86)108-78-84-51-61-91(62-52-84)102-68-44-40-36-32-28-24-20-16-12-8-4/h45-64,69-73H,5-44,65-68,74-80H2,1-4H3. The van der Waals surface area contributed by atoms with E-state index in [1.54, 1.807) is 0 Å². The number of rotatable bonds is 67. The predicted octanol–water partition coefficient (Wildman–Crippen LogP) is 29.1. The molecule has 0 amide bonds. The lowest BCUT2D eigenvalue weighted by Gasteiger charge is -2.16. The highest BCUT2D eigenvalue weighted by atomic mass is 35.5. The molecule has 0 bridgehead atoms. The van der Waals surface area contributed by atoms with Crippen molar-refractivity contribution in [1.29, 1.82) is 0 Å². The zero-order chi connectivity index (χ0) is 75.6. The molecule has 0 aliphatic rings. The van der Waals surface area contributed by atoms with Gasteiger partial charge in [-0.1, -0.05) is 320 Å². The van der Waals surface area contributed by atoms with Crippen LogP contribution in [-0.4, -0.2) is 26.4 Å². The van der Waals surface area contributed by atoms with Crippen LogP contribution in [0.1, 0.15) is 323 Å². The summed E-state index contributed by atoms with van der Waals surface area (Å²) in [5.41, 5.74) is 6.83. The monoisotopic (exact) mass is 1500 g/mol. The number of hydrogen-bond acceptors (Lipinski definition) is 10. The van der Waals surface area contributed by atoms with Gasteiger partial charge in [0.05, 0.1) is 26.4 Å². The Morgan fingerprint density at radius 1 is 0.176 bits per heavy atom. The van der Waals surface area contributed by atoms with Crippen LogP contribution >= 0.6 is 11.6 Å². The van der Waals surface area contributed by atoms with Crippen molar-refractivity contribution in [2.75, 3.05) is 26.4 Å². The minimum absolute atomic E-state index is 0.266. The third kappa shape index (κ3) is 39.5. The van der Waals surface area contributed by atoms with Gasteiger partial charge in [-0.3, -0.25) is 0 Å². The predicted molar refractivity (Wildman–Crippen MR) is 450 cm³/mol. The Bertz CT molecular complexity index is 3120. The van der Waals surface area contributed by atoms with Gasteiger partial charge in [-0.05, 0) is 150 Å². The van der Waals surface area contributed by atoms with Crippen LogP contribution in [0.2, 0.25) is 0 Å². The minimum Gasteiger partial charge on any atom is -0.494 e. The average Bonchev–Trinajstić information content (AvgIpc) is 0.845. The Morgan fingerprint density at radius 3 is 0.630 bits per heavy atom. The summed E-state index contributed by atoms with van der Waals surface area (Å²) in [5, 5.41) is 0. The van der Waals surface area contributed by atoms with Gasteiger partial charge in [-0.15, -0.1) is 11.6 Å². The zero-order valence-corrected chi connectivity index (χ0v) is 68.2. The van der Waals surface area contributed by atoms with Crippen LogP contribution in [0.25, 0.3) is 0 Å². The zero-order valence-electron chi connectivity index (χ0n) is 67.5. The number of unbranched alkanes of at least 4 members (excludes halogenated alkanes) is 36. The molecule has 7 aromatic rings. The fraction of sp³-hybridized carbons (Fsp3) is 0.567. The number of benzene rings is 7. The van der Waals surface area contributed by atoms with E-state index in [9.17, 15) is 0 Å². The molecule has 0 saturated heterocycles. The Kier molecular flexibility index (Phi) is 47.2. The van der Waals surface area contributed by atoms with Crippen LogP contribution < -0.4 is 47.4 Å². The molecule has 594 valence electrons. The maximum atomic E-state index is 6.63. The van der Waals surface area contributed by atoms with Crippen molar-refractivity contribution in [1.82, 2.24) is 0 Å². The molecule has 0 unspecified atom stereocenters. The maximum absolute atomic E-state index is 6.63. The first-order valence-corrected chi connectivity index (χ1v) is 43.5. The van der Waals surface area contributed by atoms with E-state index >= 15 is 0 Å². The normalized spacial score (nSPS) is 11.2. The summed E-state index contributed by atoms with van der Waals surface area (Å²) in [6, 6.07) is 50.8. The van der Waals surface area contributed by atoms with Gasteiger partial charge in [0.25, 0.3) is 0 Å². The van der Waals surface area contributed by atoms with Gasteiger partial charge >= 0.3 is 0 Å². The molecule has 0 aliphatic carbocycles. The molecule has 0 N–H and O–H groups in total. The van der Waals surface area contributed by atoms with E-state index in [-0.39, 0.29) is 19.1 Å². The van der Waals surface area contributed by atoms with Gasteiger partial charge in [0.1, 0.15) is 74.1 Å². The van der Waals surface area contributed by atoms with Crippen molar-refractivity contribution in [3.63, 3.8) is 0 Å². The Balaban J connectivity index is 0.951. The third-order valence-electron chi connectivity index (χ3n) is 20.3. The Labute approximate surface area is 659 Å². The third-order valence-corrected chi connectivity index (χ3v) is 20.6. The van der Waals surface area contributed by atoms with E-state index in [4.69, 9.17) is 59.0 Å². The molecule has 11 heteroatoms. The van der Waals surface area contributed by atoms with Crippen LogP contribution in [-0.2, 0) is 45.5 Å². The maximum Gasteiger partial charge on any atom is 0.162 e. The molecule has 10 nitrogen and oxygen atoms in total. The lowest BCUT2D eigenvalue weighted by molar-refractivity contribution is 0.253. The summed E-state index contributed by atoms with van der Waals surface area (Å²) < 4.78 is 64.1. The van der Waals surface area contributed by atoms with Crippen LogP contribution in [0.3, 0.4) is 0 Å². The molecule has 0 atom stereocenters. The molecule has 0 radical (unpaired) electrons. The van der Waals surface area contributed by atoms with E-state index in [2.05, 4.69) is 76.2 Å². The Morgan fingerprint density at radius 2 is 0.389 bits per heavy atom. The van der Waals surface area contributed by atoms with E-state index < -0.39 is 0 Å². The average molecular weight is 1500 g/mol. The summed E-state index contributed by atoms with van der Waals surface area (Å²) >= 11 is 6.57. The molecule has 0 heterocycles.